The van der Waals surface area contributed by atoms with Gasteiger partial charge in [-0.15, -0.1) is 0 Å². The second-order valence-corrected chi connectivity index (χ2v) is 7.42. The van der Waals surface area contributed by atoms with E-state index < -0.39 is 18.3 Å². The SMILES string of the molecule is CNCC(=Cc1ccc(Br)cc1F)B1OC(C)(C)C(C)(C)O1. The lowest BCUT2D eigenvalue weighted by atomic mass is 9.77. The van der Waals surface area contributed by atoms with Crippen LogP contribution in [0.4, 0.5) is 4.39 Å². The Kier molecular flexibility index (Phi) is 5.17. The van der Waals surface area contributed by atoms with Crippen molar-refractivity contribution in [2.24, 2.45) is 0 Å². The minimum absolute atomic E-state index is 0.278. The van der Waals surface area contributed by atoms with Crippen LogP contribution in [0.3, 0.4) is 0 Å². The summed E-state index contributed by atoms with van der Waals surface area (Å²) in [7, 11) is 1.36. The molecule has 1 heterocycles. The molecule has 0 bridgehead atoms. The maximum atomic E-state index is 14.1. The zero-order valence-corrected chi connectivity index (χ0v) is 15.3. The van der Waals surface area contributed by atoms with Gasteiger partial charge in [-0.25, -0.2) is 4.39 Å². The first kappa shape index (κ1) is 17.7. The van der Waals surface area contributed by atoms with Crippen molar-refractivity contribution in [2.45, 2.75) is 38.9 Å². The van der Waals surface area contributed by atoms with E-state index in [2.05, 4.69) is 21.2 Å². The lowest BCUT2D eigenvalue weighted by Gasteiger charge is -2.32. The first-order valence-corrected chi connectivity index (χ1v) is 8.11. The van der Waals surface area contributed by atoms with Gasteiger partial charge in [0.25, 0.3) is 0 Å². The van der Waals surface area contributed by atoms with Gasteiger partial charge in [-0.3, -0.25) is 0 Å². The topological polar surface area (TPSA) is 30.5 Å². The maximum absolute atomic E-state index is 14.1. The third kappa shape index (κ3) is 3.62. The van der Waals surface area contributed by atoms with E-state index in [9.17, 15) is 4.39 Å². The maximum Gasteiger partial charge on any atom is 0.491 e. The standard InChI is InChI=1S/C16H22BBrFNO2/c1-15(2)16(3,4)22-17(21-15)12(10-20-5)8-11-6-7-13(18)9-14(11)19/h6-9,20H,10H2,1-5H3. The zero-order valence-electron chi connectivity index (χ0n) is 13.7. The van der Waals surface area contributed by atoms with E-state index in [4.69, 9.17) is 9.31 Å². The van der Waals surface area contributed by atoms with Gasteiger partial charge in [-0.2, -0.15) is 0 Å². The highest BCUT2D eigenvalue weighted by molar-refractivity contribution is 9.10. The molecule has 0 saturated carbocycles. The smallest absolute Gasteiger partial charge is 0.400 e. The Hall–Kier alpha value is -0.685. The van der Waals surface area contributed by atoms with Crippen LogP contribution in [0.15, 0.2) is 28.1 Å². The van der Waals surface area contributed by atoms with Crippen molar-refractivity contribution in [1.82, 2.24) is 5.32 Å². The van der Waals surface area contributed by atoms with Crippen molar-refractivity contribution in [2.75, 3.05) is 13.6 Å². The second kappa shape index (κ2) is 6.44. The highest BCUT2D eigenvalue weighted by Gasteiger charge is 2.52. The van der Waals surface area contributed by atoms with Crippen LogP contribution in [0.5, 0.6) is 0 Å². The largest absolute Gasteiger partial charge is 0.491 e. The summed E-state index contributed by atoms with van der Waals surface area (Å²) in [6.45, 7) is 8.58. The number of nitrogens with one attached hydrogen (secondary N) is 1. The molecule has 3 nitrogen and oxygen atoms in total. The average molecular weight is 370 g/mol. The van der Waals surface area contributed by atoms with Crippen molar-refractivity contribution in [3.05, 3.63) is 39.5 Å². The molecule has 6 heteroatoms. The quantitative estimate of drug-likeness (QED) is 0.818. The molecule has 0 amide bonds. The zero-order chi connectivity index (χ0) is 16.5. The van der Waals surface area contributed by atoms with E-state index in [1.807, 2.05) is 40.8 Å². The minimum atomic E-state index is -0.486. The van der Waals surface area contributed by atoms with Crippen LogP contribution in [0.2, 0.25) is 0 Å². The fourth-order valence-corrected chi connectivity index (χ4v) is 2.55. The lowest BCUT2D eigenvalue weighted by Crippen LogP contribution is -2.41. The fourth-order valence-electron chi connectivity index (χ4n) is 2.22. The molecule has 1 aromatic rings. The highest BCUT2D eigenvalue weighted by Crippen LogP contribution is 2.38. The molecule has 1 fully saturated rings. The summed E-state index contributed by atoms with van der Waals surface area (Å²) >= 11 is 3.27. The molecule has 1 aromatic carbocycles. The monoisotopic (exact) mass is 369 g/mol. The lowest BCUT2D eigenvalue weighted by molar-refractivity contribution is 0.00578. The highest BCUT2D eigenvalue weighted by atomic mass is 79.9. The predicted molar refractivity (Wildman–Crippen MR) is 92.1 cm³/mol. The van der Waals surface area contributed by atoms with Gasteiger partial charge in [-0.05, 0) is 52.3 Å². The van der Waals surface area contributed by atoms with E-state index in [0.717, 1.165) is 5.47 Å². The van der Waals surface area contributed by atoms with E-state index >= 15 is 0 Å². The number of likely N-dealkylation sites (N-methyl/N-ethyl adjacent to an activating group) is 1. The first-order chi connectivity index (χ1) is 10.2. The van der Waals surface area contributed by atoms with Crippen LogP contribution >= 0.6 is 15.9 Å². The van der Waals surface area contributed by atoms with Gasteiger partial charge < -0.3 is 14.6 Å². The molecule has 0 spiro atoms. The molecule has 0 radical (unpaired) electrons. The summed E-state index contributed by atoms with van der Waals surface area (Å²) in [5, 5.41) is 3.09. The Balaban J connectivity index is 2.33. The van der Waals surface area contributed by atoms with Crippen LogP contribution < -0.4 is 5.32 Å². The Labute approximate surface area is 140 Å². The summed E-state index contributed by atoms with van der Waals surface area (Å²) in [6.07, 6.45) is 1.79. The van der Waals surface area contributed by atoms with Crippen molar-refractivity contribution < 1.29 is 13.7 Å². The minimum Gasteiger partial charge on any atom is -0.400 e. The van der Waals surface area contributed by atoms with Gasteiger partial charge in [0, 0.05) is 16.6 Å². The summed E-state index contributed by atoms with van der Waals surface area (Å²) in [5.41, 5.74) is 0.552. The second-order valence-electron chi connectivity index (χ2n) is 6.50. The Bertz CT molecular complexity index is 574. The van der Waals surface area contributed by atoms with Gasteiger partial charge in [0.2, 0.25) is 0 Å². The van der Waals surface area contributed by atoms with Gasteiger partial charge >= 0.3 is 7.12 Å². The first-order valence-electron chi connectivity index (χ1n) is 7.32. The summed E-state index contributed by atoms with van der Waals surface area (Å²) in [4.78, 5) is 0. The number of benzene rings is 1. The van der Waals surface area contributed by atoms with E-state index in [1.165, 1.54) is 6.07 Å². The molecule has 1 aliphatic heterocycles. The van der Waals surface area contributed by atoms with Crippen LogP contribution in [0.1, 0.15) is 33.3 Å². The summed E-state index contributed by atoms with van der Waals surface area (Å²) < 4.78 is 26.9. The third-order valence-corrected chi connectivity index (χ3v) is 4.73. The molecule has 0 atom stereocenters. The van der Waals surface area contributed by atoms with Gasteiger partial charge in [0.1, 0.15) is 5.82 Å². The molecule has 1 N–H and O–H groups in total. The van der Waals surface area contributed by atoms with Gasteiger partial charge in [-0.1, -0.05) is 28.1 Å². The molecular weight excluding hydrogens is 348 g/mol. The van der Waals surface area contributed by atoms with Crippen molar-refractivity contribution in [1.29, 1.82) is 0 Å². The molecule has 0 aromatic heterocycles. The van der Waals surface area contributed by atoms with Gasteiger partial charge in [0.05, 0.1) is 11.2 Å². The van der Waals surface area contributed by atoms with Crippen LogP contribution in [-0.4, -0.2) is 31.9 Å². The number of hydrogen-bond acceptors (Lipinski definition) is 3. The van der Waals surface area contributed by atoms with E-state index in [-0.39, 0.29) is 5.82 Å². The number of hydrogen-bond donors (Lipinski definition) is 1. The Morgan fingerprint density at radius 2 is 1.86 bits per heavy atom. The number of rotatable bonds is 4. The molecular formula is C16H22BBrFNO2. The molecule has 1 saturated heterocycles. The Morgan fingerprint density at radius 1 is 1.27 bits per heavy atom. The van der Waals surface area contributed by atoms with Crippen LogP contribution in [0, 0.1) is 5.82 Å². The third-order valence-electron chi connectivity index (χ3n) is 4.24. The average Bonchev–Trinajstić information content (AvgIpc) is 2.61. The molecule has 22 heavy (non-hydrogen) atoms. The van der Waals surface area contributed by atoms with Gasteiger partial charge in [0.15, 0.2) is 0 Å². The molecule has 0 unspecified atom stereocenters. The molecule has 1 aliphatic rings. The van der Waals surface area contributed by atoms with Crippen molar-refractivity contribution >= 4 is 29.1 Å². The predicted octanol–water partition coefficient (Wildman–Crippen LogP) is 3.82. The van der Waals surface area contributed by atoms with E-state index in [1.54, 1.807) is 12.1 Å². The Morgan fingerprint density at radius 3 is 2.36 bits per heavy atom. The summed E-state index contributed by atoms with van der Waals surface area (Å²) in [6, 6.07) is 5.00. The van der Waals surface area contributed by atoms with Crippen LogP contribution in [0.25, 0.3) is 6.08 Å². The molecule has 2 rings (SSSR count). The van der Waals surface area contributed by atoms with E-state index in [0.29, 0.717) is 16.6 Å². The normalized spacial score (nSPS) is 20.5. The fraction of sp³-hybridized carbons (Fsp3) is 0.500. The summed E-state index contributed by atoms with van der Waals surface area (Å²) in [5.74, 6) is -0.278. The van der Waals surface area contributed by atoms with Crippen molar-refractivity contribution in [3.8, 4) is 0 Å². The molecule has 0 aliphatic carbocycles. The van der Waals surface area contributed by atoms with Crippen molar-refractivity contribution in [3.63, 3.8) is 0 Å². The van der Waals surface area contributed by atoms with Crippen LogP contribution in [-0.2, 0) is 9.31 Å². The number of halogens is 2. The molecule has 120 valence electrons.